The molecule has 0 aliphatic carbocycles. The molecular weight excluding hydrogens is 385 g/mol. The molecule has 0 bridgehead atoms. The van der Waals surface area contributed by atoms with Crippen molar-refractivity contribution >= 4 is 12.2 Å². The lowest BCUT2D eigenvalue weighted by Gasteiger charge is -2.50. The molecule has 2 aromatic rings. The number of likely N-dealkylation sites (N-methyl/N-ethyl adjacent to an activating group) is 1. The first-order chi connectivity index (χ1) is 13.8. The molecular formula is C21H21F3N2O3. The molecule has 3 rings (SSSR count). The van der Waals surface area contributed by atoms with E-state index in [1.54, 1.807) is 35.2 Å². The van der Waals surface area contributed by atoms with Gasteiger partial charge in [-0.15, -0.1) is 13.2 Å². The van der Waals surface area contributed by atoms with Gasteiger partial charge in [0.25, 0.3) is 5.91 Å². The predicted octanol–water partition coefficient (Wildman–Crippen LogP) is 3.65. The van der Waals surface area contributed by atoms with Crippen LogP contribution >= 0.6 is 0 Å². The van der Waals surface area contributed by atoms with Gasteiger partial charge in [-0.2, -0.15) is 0 Å². The number of nitrogens with one attached hydrogen (secondary N) is 1. The summed E-state index contributed by atoms with van der Waals surface area (Å²) >= 11 is 0. The number of amides is 1. The Bertz CT molecular complexity index is 875. The maximum absolute atomic E-state index is 12.7. The molecule has 1 fully saturated rings. The van der Waals surface area contributed by atoms with Gasteiger partial charge < -0.3 is 19.7 Å². The number of alkyl halides is 3. The molecule has 1 aliphatic rings. The summed E-state index contributed by atoms with van der Waals surface area (Å²) in [7, 11) is 1.81. The molecule has 5 nitrogen and oxygen atoms in total. The number of rotatable bonds is 7. The molecule has 0 saturated carbocycles. The molecule has 2 aromatic carbocycles. The molecule has 29 heavy (non-hydrogen) atoms. The third-order valence-electron chi connectivity index (χ3n) is 5.10. The Morgan fingerprint density at radius 1 is 1.17 bits per heavy atom. The van der Waals surface area contributed by atoms with Crippen LogP contribution in [0.3, 0.4) is 0 Å². The first kappa shape index (κ1) is 20.9. The van der Waals surface area contributed by atoms with E-state index in [4.69, 9.17) is 0 Å². The number of nitrogens with zero attached hydrogens (tertiary/aromatic N) is 1. The van der Waals surface area contributed by atoms with Crippen LogP contribution < -0.4 is 10.1 Å². The fourth-order valence-electron chi connectivity index (χ4n) is 3.50. The zero-order valence-corrected chi connectivity index (χ0v) is 15.8. The van der Waals surface area contributed by atoms with E-state index in [1.807, 2.05) is 7.05 Å². The minimum atomic E-state index is -4.78. The first-order valence-electron chi connectivity index (χ1n) is 9.14. The van der Waals surface area contributed by atoms with Crippen molar-refractivity contribution in [2.75, 3.05) is 20.1 Å². The van der Waals surface area contributed by atoms with Crippen molar-refractivity contribution in [2.45, 2.75) is 24.7 Å². The van der Waals surface area contributed by atoms with Crippen LogP contribution in [0, 0.1) is 0 Å². The van der Waals surface area contributed by atoms with Crippen LogP contribution in [0.1, 0.15) is 23.2 Å². The highest BCUT2D eigenvalue weighted by Crippen LogP contribution is 2.34. The molecule has 0 radical (unpaired) electrons. The van der Waals surface area contributed by atoms with Gasteiger partial charge in [-0.05, 0) is 37.2 Å². The maximum atomic E-state index is 12.7. The largest absolute Gasteiger partial charge is 0.573 e. The maximum Gasteiger partial charge on any atom is 0.573 e. The Balaban J connectivity index is 1.72. The van der Waals surface area contributed by atoms with Gasteiger partial charge in [0.1, 0.15) is 12.0 Å². The van der Waals surface area contributed by atoms with Crippen molar-refractivity contribution in [1.29, 1.82) is 0 Å². The van der Waals surface area contributed by atoms with E-state index < -0.39 is 6.36 Å². The summed E-state index contributed by atoms with van der Waals surface area (Å²) < 4.78 is 41.9. The van der Waals surface area contributed by atoms with E-state index in [1.165, 1.54) is 18.2 Å². The van der Waals surface area contributed by atoms with Gasteiger partial charge in [-0.25, -0.2) is 0 Å². The highest BCUT2D eigenvalue weighted by atomic mass is 19.4. The summed E-state index contributed by atoms with van der Waals surface area (Å²) in [5.41, 5.74) is 1.00. The van der Waals surface area contributed by atoms with Crippen molar-refractivity contribution in [1.82, 2.24) is 10.2 Å². The second-order valence-corrected chi connectivity index (χ2v) is 7.02. The van der Waals surface area contributed by atoms with E-state index in [0.29, 0.717) is 37.1 Å². The van der Waals surface area contributed by atoms with Crippen LogP contribution in [0.15, 0.2) is 48.5 Å². The monoisotopic (exact) mass is 406 g/mol. The van der Waals surface area contributed by atoms with Crippen LogP contribution in [0.5, 0.6) is 5.75 Å². The summed E-state index contributed by atoms with van der Waals surface area (Å²) in [6.45, 7) is 1.00. The molecule has 1 saturated heterocycles. The van der Waals surface area contributed by atoms with Crippen LogP contribution in [0.4, 0.5) is 13.2 Å². The summed E-state index contributed by atoms with van der Waals surface area (Å²) in [6, 6.07) is 12.2. The van der Waals surface area contributed by atoms with E-state index >= 15 is 0 Å². The van der Waals surface area contributed by atoms with Gasteiger partial charge in [0.15, 0.2) is 0 Å². The van der Waals surface area contributed by atoms with Crippen LogP contribution in [-0.4, -0.2) is 49.1 Å². The van der Waals surface area contributed by atoms with E-state index in [2.05, 4.69) is 10.1 Å². The third-order valence-corrected chi connectivity index (χ3v) is 5.10. The highest BCUT2D eigenvalue weighted by molar-refractivity contribution is 5.95. The lowest BCUT2D eigenvalue weighted by molar-refractivity contribution is -0.274. The highest BCUT2D eigenvalue weighted by Gasteiger charge is 2.43. The third kappa shape index (κ3) is 4.76. The topological polar surface area (TPSA) is 58.6 Å². The summed E-state index contributed by atoms with van der Waals surface area (Å²) in [5, 5.41) is 3.18. The Hall–Kier alpha value is -2.87. The molecule has 1 aliphatic heterocycles. The Morgan fingerprint density at radius 3 is 2.41 bits per heavy atom. The molecule has 0 aromatic heterocycles. The molecule has 0 spiro atoms. The minimum absolute atomic E-state index is 0.159. The van der Waals surface area contributed by atoms with Crippen LogP contribution in [0.25, 0.3) is 11.1 Å². The van der Waals surface area contributed by atoms with Crippen LogP contribution in [-0.2, 0) is 4.79 Å². The normalized spacial score (nSPS) is 15.5. The molecule has 8 heteroatoms. The number of hydrogen-bond acceptors (Lipinski definition) is 4. The minimum Gasteiger partial charge on any atom is -0.405 e. The number of para-hydroxylation sites is 1. The number of aldehydes is 1. The van der Waals surface area contributed by atoms with E-state index in [-0.39, 0.29) is 22.8 Å². The van der Waals surface area contributed by atoms with Gasteiger partial charge >= 0.3 is 6.36 Å². The summed E-state index contributed by atoms with van der Waals surface area (Å²) in [6.07, 6.45) is -2.83. The Morgan fingerprint density at radius 2 is 1.83 bits per heavy atom. The van der Waals surface area contributed by atoms with Gasteiger partial charge in [-0.1, -0.05) is 30.3 Å². The number of carbonyl (C=O) groups excluding carboxylic acids is 2. The van der Waals surface area contributed by atoms with Gasteiger partial charge in [0.05, 0.1) is 5.54 Å². The Labute approximate surface area is 166 Å². The zero-order chi connectivity index (χ0) is 21.1. The van der Waals surface area contributed by atoms with Crippen molar-refractivity contribution < 1.29 is 27.5 Å². The quantitative estimate of drug-likeness (QED) is 0.714. The number of ether oxygens (including phenoxy) is 1. The first-order valence-corrected chi connectivity index (χ1v) is 9.14. The molecule has 1 N–H and O–H groups in total. The van der Waals surface area contributed by atoms with Crippen LogP contribution in [0.2, 0.25) is 0 Å². The summed E-state index contributed by atoms with van der Waals surface area (Å²) in [4.78, 5) is 25.0. The van der Waals surface area contributed by atoms with Gasteiger partial charge in [-0.3, -0.25) is 4.79 Å². The van der Waals surface area contributed by atoms with Gasteiger partial charge in [0.2, 0.25) is 0 Å². The number of carbonyl (C=O) groups is 2. The average Bonchev–Trinajstić information content (AvgIpc) is 2.66. The molecule has 1 amide bonds. The average molecular weight is 406 g/mol. The van der Waals surface area contributed by atoms with Crippen molar-refractivity contribution in [3.8, 4) is 16.9 Å². The molecule has 154 valence electrons. The number of halogens is 3. The smallest absolute Gasteiger partial charge is 0.405 e. The lowest BCUT2D eigenvalue weighted by Crippen LogP contribution is -2.69. The number of hydrogen-bond donors (Lipinski definition) is 1. The second kappa shape index (κ2) is 8.24. The second-order valence-electron chi connectivity index (χ2n) is 7.02. The molecule has 0 atom stereocenters. The van der Waals surface area contributed by atoms with Crippen molar-refractivity contribution in [3.05, 3.63) is 54.1 Å². The van der Waals surface area contributed by atoms with Gasteiger partial charge in [0, 0.05) is 30.6 Å². The Kier molecular flexibility index (Phi) is 5.93. The fourth-order valence-corrected chi connectivity index (χ4v) is 3.50. The SMILES string of the molecule is CNC1(CCC=O)CN(C(=O)c2ccc(-c3ccccc3OC(F)(F)F)cc2)C1. The molecule has 0 unspecified atom stereocenters. The standard InChI is InChI=1S/C21H21F3N2O3/c1-25-20(11-4-12-27)13-26(14-20)19(28)16-9-7-15(8-10-16)17-5-2-3-6-18(17)29-21(22,23)24/h2-3,5-10,12,25H,4,11,13-14H2,1H3. The number of likely N-dealkylation sites (tertiary alicyclic amines) is 1. The van der Waals surface area contributed by atoms with E-state index in [9.17, 15) is 22.8 Å². The fraction of sp³-hybridized carbons (Fsp3) is 0.333. The van der Waals surface area contributed by atoms with Crippen molar-refractivity contribution in [3.63, 3.8) is 0 Å². The predicted molar refractivity (Wildman–Crippen MR) is 102 cm³/mol. The van der Waals surface area contributed by atoms with E-state index in [0.717, 1.165) is 6.29 Å². The molecule has 1 heterocycles. The van der Waals surface area contributed by atoms with Crippen molar-refractivity contribution in [2.24, 2.45) is 0 Å². The lowest BCUT2D eigenvalue weighted by atomic mass is 9.84. The summed E-state index contributed by atoms with van der Waals surface area (Å²) in [5.74, 6) is -0.454. The zero-order valence-electron chi connectivity index (χ0n) is 15.8. The number of benzene rings is 2.